The lowest BCUT2D eigenvalue weighted by molar-refractivity contribution is -0.141. The van der Waals surface area contributed by atoms with Gasteiger partial charge in [0.1, 0.15) is 6.04 Å². The minimum atomic E-state index is -0.994. The number of amides is 1. The molecule has 0 aliphatic rings. The highest BCUT2D eigenvalue weighted by Crippen LogP contribution is 2.14. The zero-order valence-corrected chi connectivity index (χ0v) is 10.6. The summed E-state index contributed by atoms with van der Waals surface area (Å²) in [5.41, 5.74) is -0.0666. The highest BCUT2D eigenvalue weighted by atomic mass is 35.5. The van der Waals surface area contributed by atoms with Crippen LogP contribution < -0.4 is 5.32 Å². The molecule has 6 heteroatoms. The van der Waals surface area contributed by atoms with Gasteiger partial charge in [-0.3, -0.25) is 4.79 Å². The van der Waals surface area contributed by atoms with E-state index < -0.39 is 21.5 Å². The first-order chi connectivity index (χ1) is 6.52. The van der Waals surface area contributed by atoms with Crippen molar-refractivity contribution in [1.82, 2.24) is 5.32 Å². The zero-order valence-electron chi connectivity index (χ0n) is 8.42. The second-order valence-electron chi connectivity index (χ2n) is 3.22. The van der Waals surface area contributed by atoms with E-state index in [-0.39, 0.29) is 11.4 Å². The van der Waals surface area contributed by atoms with Crippen molar-refractivity contribution < 1.29 is 14.7 Å². The number of carboxylic acids is 1. The predicted molar refractivity (Wildman–Crippen MR) is 58.7 cm³/mol. The Morgan fingerprint density at radius 2 is 2.14 bits per heavy atom. The second-order valence-corrected chi connectivity index (χ2v) is 6.15. The van der Waals surface area contributed by atoms with Crippen molar-refractivity contribution in [1.29, 1.82) is 0 Å². The third kappa shape index (κ3) is 4.62. The van der Waals surface area contributed by atoms with Crippen LogP contribution in [0.1, 0.15) is 13.8 Å². The molecule has 0 spiro atoms. The van der Waals surface area contributed by atoms with Crippen molar-refractivity contribution in [3.63, 3.8) is 0 Å². The highest BCUT2D eigenvalue weighted by Gasteiger charge is 2.27. The molecule has 1 amide bonds. The second kappa shape index (κ2) is 6.84. The summed E-state index contributed by atoms with van der Waals surface area (Å²) in [7, 11) is -0.525. The van der Waals surface area contributed by atoms with Crippen LogP contribution in [-0.4, -0.2) is 38.4 Å². The summed E-state index contributed by atoms with van der Waals surface area (Å²) in [4.78, 5) is 21.6. The van der Waals surface area contributed by atoms with Crippen molar-refractivity contribution >= 4 is 33.0 Å². The third-order valence-corrected chi connectivity index (χ3v) is 4.80. The summed E-state index contributed by atoms with van der Waals surface area (Å²) >= 11 is 5.69. The maximum Gasteiger partial charge on any atom is 0.326 e. The monoisotopic (exact) mass is 237 g/mol. The van der Waals surface area contributed by atoms with Crippen molar-refractivity contribution in [2.45, 2.75) is 31.5 Å². The van der Waals surface area contributed by atoms with Gasteiger partial charge in [-0.1, -0.05) is 13.0 Å². The Bertz CT molecular complexity index is 213. The van der Waals surface area contributed by atoms with Gasteiger partial charge in [0.05, 0.1) is 0 Å². The first kappa shape index (κ1) is 13.4. The Labute approximate surface area is 90.8 Å². The Morgan fingerprint density at radius 3 is 2.43 bits per heavy atom. The molecule has 2 unspecified atom stereocenters. The van der Waals surface area contributed by atoms with Gasteiger partial charge >= 0.3 is 5.97 Å². The molecule has 0 rings (SSSR count). The van der Waals surface area contributed by atoms with Crippen LogP contribution in [0, 0.1) is 0 Å². The van der Waals surface area contributed by atoms with Gasteiger partial charge in [0.25, 0.3) is 0 Å². The zero-order chi connectivity index (χ0) is 11.1. The lowest BCUT2D eigenvalue weighted by atomic mass is 10.2. The maximum atomic E-state index is 10.9. The Morgan fingerprint density at radius 1 is 1.57 bits per heavy atom. The van der Waals surface area contributed by atoms with Crippen LogP contribution in [0.4, 0.5) is 0 Å². The Kier molecular flexibility index (Phi) is 6.57. The summed E-state index contributed by atoms with van der Waals surface area (Å²) in [6.07, 6.45) is 0. The maximum absolute atomic E-state index is 10.9. The highest BCUT2D eigenvalue weighted by molar-refractivity contribution is 6.41. The lowest BCUT2D eigenvalue weighted by Crippen LogP contribution is -2.44. The van der Waals surface area contributed by atoms with Crippen molar-refractivity contribution in [2.24, 2.45) is 0 Å². The summed E-state index contributed by atoms with van der Waals surface area (Å²) in [5, 5.41) is 11.3. The number of aliphatic carboxylic acids is 1. The fourth-order valence-electron chi connectivity index (χ4n) is 1.30. The topological polar surface area (TPSA) is 66.4 Å². The van der Waals surface area contributed by atoms with E-state index in [2.05, 4.69) is 5.32 Å². The number of alkyl halides is 1. The number of halogens is 1. The van der Waals surface area contributed by atoms with Crippen molar-refractivity contribution in [3.05, 3.63) is 0 Å². The van der Waals surface area contributed by atoms with E-state index in [0.717, 1.165) is 6.04 Å². The van der Waals surface area contributed by atoms with E-state index in [4.69, 9.17) is 16.7 Å². The summed E-state index contributed by atoms with van der Waals surface area (Å²) in [6, 6.07) is 0.178. The average Bonchev–Trinajstić information content (AvgIpc) is 2.10. The molecule has 0 heterocycles. The number of rotatable bonds is 6. The summed E-state index contributed by atoms with van der Waals surface area (Å²) < 4.78 is 0. The molecule has 0 bridgehead atoms. The van der Waals surface area contributed by atoms with Gasteiger partial charge in [-0.2, -0.15) is 0 Å². The van der Waals surface area contributed by atoms with Crippen molar-refractivity contribution in [3.8, 4) is 0 Å². The van der Waals surface area contributed by atoms with Gasteiger partial charge in [-0.05, 0) is 5.54 Å². The number of nitrogens with one attached hydrogen (secondary N) is 1. The molecular formula is C8H16ClNO3Si. The number of carbonyl (C=O) groups is 2. The molecule has 0 aliphatic carbocycles. The van der Waals surface area contributed by atoms with Crippen LogP contribution in [0.2, 0.25) is 11.6 Å². The molecule has 0 radical (unpaired) electrons. The molecule has 4 nitrogen and oxygen atoms in total. The van der Waals surface area contributed by atoms with Gasteiger partial charge in [0.2, 0.25) is 5.91 Å². The van der Waals surface area contributed by atoms with Crippen LogP contribution in [-0.2, 0) is 9.59 Å². The van der Waals surface area contributed by atoms with E-state index in [1.54, 1.807) is 0 Å². The molecule has 0 saturated heterocycles. The summed E-state index contributed by atoms with van der Waals surface area (Å²) in [5.74, 6) is -1.01. The third-order valence-electron chi connectivity index (χ3n) is 1.95. The van der Waals surface area contributed by atoms with Gasteiger partial charge in [-0.15, -0.1) is 11.6 Å². The molecule has 2 atom stereocenters. The van der Waals surface area contributed by atoms with Gasteiger partial charge in [0, 0.05) is 22.3 Å². The average molecular weight is 238 g/mol. The van der Waals surface area contributed by atoms with Gasteiger partial charge < -0.3 is 10.4 Å². The quantitative estimate of drug-likeness (QED) is 0.513. The molecular weight excluding hydrogens is 222 g/mol. The number of hydrogen-bond acceptors (Lipinski definition) is 2. The fraction of sp³-hybridized carbons (Fsp3) is 0.750. The SMILES string of the molecule is CC[SiH2]C(CCl)C(NC(C)=O)C(=O)O. The van der Waals surface area contributed by atoms with Gasteiger partial charge in [0.15, 0.2) is 0 Å². The molecule has 82 valence electrons. The first-order valence-corrected chi connectivity index (χ1v) is 6.93. The normalized spacial score (nSPS) is 15.4. The number of carboxylic acid groups (broad SMARTS) is 1. The molecule has 0 aliphatic heterocycles. The van der Waals surface area contributed by atoms with E-state index in [1.807, 2.05) is 6.92 Å². The fourth-order valence-corrected chi connectivity index (χ4v) is 3.49. The molecule has 0 fully saturated rings. The minimum absolute atomic E-state index is 0.0666. The largest absolute Gasteiger partial charge is 0.480 e. The van der Waals surface area contributed by atoms with Crippen LogP contribution in [0.15, 0.2) is 0 Å². The van der Waals surface area contributed by atoms with E-state index in [0.29, 0.717) is 5.88 Å². The predicted octanol–water partition coefficient (Wildman–Crippen LogP) is 0.210. The Hall–Kier alpha value is -0.553. The molecule has 0 aromatic rings. The van der Waals surface area contributed by atoms with E-state index in [9.17, 15) is 9.59 Å². The minimum Gasteiger partial charge on any atom is -0.480 e. The Balaban J connectivity index is 4.42. The molecule has 0 saturated carbocycles. The van der Waals surface area contributed by atoms with Crippen LogP contribution in [0.3, 0.4) is 0 Å². The first-order valence-electron chi connectivity index (χ1n) is 4.58. The number of hydrogen-bond donors (Lipinski definition) is 2. The van der Waals surface area contributed by atoms with Crippen LogP contribution in [0.25, 0.3) is 0 Å². The molecule has 0 aromatic carbocycles. The molecule has 2 N–H and O–H groups in total. The summed E-state index contributed by atoms with van der Waals surface area (Å²) in [6.45, 7) is 3.33. The molecule has 14 heavy (non-hydrogen) atoms. The van der Waals surface area contributed by atoms with E-state index in [1.165, 1.54) is 6.92 Å². The smallest absolute Gasteiger partial charge is 0.326 e. The standard InChI is InChI=1S/C8H16ClNO3Si/c1-3-14-6(4-9)7(8(12)13)10-5(2)11/h6-7H,3-4,14H2,1-2H3,(H,10,11)(H,12,13). The number of carbonyl (C=O) groups excluding carboxylic acids is 1. The van der Waals surface area contributed by atoms with Gasteiger partial charge in [-0.25, -0.2) is 4.79 Å². The lowest BCUT2D eigenvalue weighted by Gasteiger charge is -2.21. The van der Waals surface area contributed by atoms with E-state index >= 15 is 0 Å². The van der Waals surface area contributed by atoms with Crippen molar-refractivity contribution in [2.75, 3.05) is 5.88 Å². The van der Waals surface area contributed by atoms with Crippen LogP contribution >= 0.6 is 11.6 Å². The van der Waals surface area contributed by atoms with Crippen LogP contribution in [0.5, 0.6) is 0 Å². The molecule has 0 aromatic heterocycles.